The molecule has 2 aromatic heterocycles. The summed E-state index contributed by atoms with van der Waals surface area (Å²) >= 11 is 0. The molecule has 7 nitrogen and oxygen atoms in total. The third kappa shape index (κ3) is 2.52. The molecule has 1 unspecified atom stereocenters. The molecule has 0 aliphatic carbocycles. The van der Waals surface area contributed by atoms with Crippen molar-refractivity contribution in [2.75, 3.05) is 20.2 Å². The Hall–Kier alpha value is -2.15. The molecule has 3 heterocycles. The van der Waals surface area contributed by atoms with E-state index in [2.05, 4.69) is 14.6 Å². The summed E-state index contributed by atoms with van der Waals surface area (Å²) in [5.74, 6) is 0.952. The van der Waals surface area contributed by atoms with Crippen LogP contribution in [0.3, 0.4) is 0 Å². The second-order valence-electron chi connectivity index (χ2n) is 5.65. The van der Waals surface area contributed by atoms with Crippen molar-refractivity contribution < 1.29 is 9.53 Å². The number of imidazole rings is 1. The van der Waals surface area contributed by atoms with Crippen LogP contribution in [0.5, 0.6) is 0 Å². The van der Waals surface area contributed by atoms with Crippen LogP contribution in [0.15, 0.2) is 18.5 Å². The zero-order valence-electron chi connectivity index (χ0n) is 13.2. The highest BCUT2D eigenvalue weighted by Gasteiger charge is 2.30. The maximum Gasteiger partial charge on any atom is 0.272 e. The molecule has 0 spiro atoms. The zero-order chi connectivity index (χ0) is 15.7. The quantitative estimate of drug-likeness (QED) is 0.850. The molecule has 1 aliphatic rings. The van der Waals surface area contributed by atoms with Crippen molar-refractivity contribution in [2.24, 2.45) is 7.05 Å². The Balaban J connectivity index is 1.77. The van der Waals surface area contributed by atoms with Gasteiger partial charge in [-0.05, 0) is 19.4 Å². The molecule has 1 aliphatic heterocycles. The van der Waals surface area contributed by atoms with Crippen LogP contribution in [0.2, 0.25) is 0 Å². The number of carbonyl (C=O) groups is 1. The van der Waals surface area contributed by atoms with Gasteiger partial charge < -0.3 is 14.2 Å². The highest BCUT2D eigenvalue weighted by atomic mass is 16.5. The molecule has 0 saturated carbocycles. The smallest absolute Gasteiger partial charge is 0.272 e. The lowest BCUT2D eigenvalue weighted by Crippen LogP contribution is -2.31. The standard InChI is InChI=1S/C15H21N5O2/c1-11-8-16-14(10-22-3)20(11)12-5-7-19(9-12)15(21)13-4-6-17-18(13)2/h4,6,8,12H,5,7,9-10H2,1-3H3. The van der Waals surface area contributed by atoms with Gasteiger partial charge in [-0.1, -0.05) is 0 Å². The van der Waals surface area contributed by atoms with Crippen LogP contribution >= 0.6 is 0 Å². The van der Waals surface area contributed by atoms with E-state index >= 15 is 0 Å². The number of hydrogen-bond acceptors (Lipinski definition) is 4. The van der Waals surface area contributed by atoms with Crippen LogP contribution in [-0.4, -0.2) is 50.3 Å². The average Bonchev–Trinajstić information content (AvgIpc) is 3.19. The summed E-state index contributed by atoms with van der Waals surface area (Å²) in [4.78, 5) is 18.8. The number of ether oxygens (including phenoxy) is 1. The van der Waals surface area contributed by atoms with E-state index in [-0.39, 0.29) is 11.9 Å². The molecule has 22 heavy (non-hydrogen) atoms. The maximum atomic E-state index is 12.6. The van der Waals surface area contributed by atoms with Crippen LogP contribution < -0.4 is 0 Å². The first-order valence-corrected chi connectivity index (χ1v) is 7.40. The third-order valence-corrected chi connectivity index (χ3v) is 4.19. The summed E-state index contributed by atoms with van der Waals surface area (Å²) in [7, 11) is 3.46. The minimum atomic E-state index is 0.0357. The first-order valence-electron chi connectivity index (χ1n) is 7.40. The van der Waals surface area contributed by atoms with Gasteiger partial charge in [0.1, 0.15) is 18.1 Å². The van der Waals surface area contributed by atoms with Gasteiger partial charge in [-0.25, -0.2) is 4.98 Å². The van der Waals surface area contributed by atoms with E-state index in [1.165, 1.54) is 0 Å². The average molecular weight is 303 g/mol. The minimum absolute atomic E-state index is 0.0357. The molecule has 7 heteroatoms. The van der Waals surface area contributed by atoms with Crippen LogP contribution in [0.25, 0.3) is 0 Å². The Morgan fingerprint density at radius 2 is 2.32 bits per heavy atom. The summed E-state index contributed by atoms with van der Waals surface area (Å²) < 4.78 is 9.03. The topological polar surface area (TPSA) is 65.2 Å². The molecule has 1 fully saturated rings. The number of carbonyl (C=O) groups excluding carboxylic acids is 1. The van der Waals surface area contributed by atoms with Crippen LogP contribution in [0, 0.1) is 6.92 Å². The van der Waals surface area contributed by atoms with Crippen LogP contribution in [-0.2, 0) is 18.4 Å². The SMILES string of the molecule is COCc1ncc(C)n1C1CCN(C(=O)c2ccnn2C)C1. The van der Waals surface area contributed by atoms with E-state index in [1.54, 1.807) is 31.1 Å². The van der Waals surface area contributed by atoms with Gasteiger partial charge in [0.25, 0.3) is 5.91 Å². The second kappa shape index (κ2) is 5.92. The van der Waals surface area contributed by atoms with Gasteiger partial charge in [-0.3, -0.25) is 9.48 Å². The van der Waals surface area contributed by atoms with E-state index < -0.39 is 0 Å². The lowest BCUT2D eigenvalue weighted by atomic mass is 10.2. The van der Waals surface area contributed by atoms with Crippen molar-refractivity contribution in [3.63, 3.8) is 0 Å². The van der Waals surface area contributed by atoms with E-state index in [0.717, 1.165) is 24.5 Å². The molecule has 3 rings (SSSR count). The Labute approximate surface area is 129 Å². The monoisotopic (exact) mass is 303 g/mol. The van der Waals surface area contributed by atoms with E-state index in [1.807, 2.05) is 18.0 Å². The van der Waals surface area contributed by atoms with Crippen LogP contribution in [0.1, 0.15) is 34.5 Å². The Morgan fingerprint density at radius 1 is 1.50 bits per heavy atom. The maximum absolute atomic E-state index is 12.6. The van der Waals surface area contributed by atoms with Gasteiger partial charge in [0.15, 0.2) is 0 Å². The van der Waals surface area contributed by atoms with Gasteiger partial charge in [0, 0.05) is 45.3 Å². The zero-order valence-corrected chi connectivity index (χ0v) is 13.2. The lowest BCUT2D eigenvalue weighted by molar-refractivity contribution is 0.0776. The largest absolute Gasteiger partial charge is 0.377 e. The van der Waals surface area contributed by atoms with Gasteiger partial charge >= 0.3 is 0 Å². The predicted octanol–water partition coefficient (Wildman–Crippen LogP) is 1.16. The molecule has 2 aromatic rings. The summed E-state index contributed by atoms with van der Waals surface area (Å²) in [5, 5.41) is 4.07. The van der Waals surface area contributed by atoms with E-state index in [9.17, 15) is 4.79 Å². The van der Waals surface area contributed by atoms with E-state index in [4.69, 9.17) is 4.74 Å². The Morgan fingerprint density at radius 3 is 3.00 bits per heavy atom. The fourth-order valence-electron chi connectivity index (χ4n) is 3.11. The number of amides is 1. The van der Waals surface area contributed by atoms with Crippen LogP contribution in [0.4, 0.5) is 0 Å². The lowest BCUT2D eigenvalue weighted by Gasteiger charge is -2.19. The summed E-state index contributed by atoms with van der Waals surface area (Å²) in [6, 6.07) is 2.01. The number of nitrogens with zero attached hydrogens (tertiary/aromatic N) is 5. The Bertz CT molecular complexity index is 675. The predicted molar refractivity (Wildman–Crippen MR) is 80.4 cm³/mol. The fraction of sp³-hybridized carbons (Fsp3) is 0.533. The summed E-state index contributed by atoms with van der Waals surface area (Å²) in [6.07, 6.45) is 4.44. The molecule has 1 atom stereocenters. The van der Waals surface area contributed by atoms with Crippen molar-refractivity contribution in [1.29, 1.82) is 0 Å². The minimum Gasteiger partial charge on any atom is -0.377 e. The number of rotatable bonds is 4. The Kier molecular flexibility index (Phi) is 3.98. The fourth-order valence-corrected chi connectivity index (χ4v) is 3.11. The number of likely N-dealkylation sites (tertiary alicyclic amines) is 1. The summed E-state index contributed by atoms with van der Waals surface area (Å²) in [6.45, 7) is 3.97. The highest BCUT2D eigenvalue weighted by Crippen LogP contribution is 2.26. The first kappa shape index (κ1) is 14.8. The molecule has 1 amide bonds. The van der Waals surface area contributed by atoms with Crippen molar-refractivity contribution in [3.8, 4) is 0 Å². The van der Waals surface area contributed by atoms with Gasteiger partial charge in [-0.15, -0.1) is 0 Å². The second-order valence-corrected chi connectivity index (χ2v) is 5.65. The van der Waals surface area contributed by atoms with Crippen molar-refractivity contribution in [3.05, 3.63) is 35.7 Å². The van der Waals surface area contributed by atoms with Gasteiger partial charge in [0.2, 0.25) is 0 Å². The summed E-state index contributed by atoms with van der Waals surface area (Å²) in [5.41, 5.74) is 1.73. The number of aryl methyl sites for hydroxylation is 2. The van der Waals surface area contributed by atoms with Crippen molar-refractivity contribution >= 4 is 5.91 Å². The molecule has 0 radical (unpaired) electrons. The van der Waals surface area contributed by atoms with Crippen molar-refractivity contribution in [2.45, 2.75) is 26.0 Å². The van der Waals surface area contributed by atoms with Gasteiger partial charge in [-0.2, -0.15) is 5.10 Å². The molecule has 0 N–H and O–H groups in total. The van der Waals surface area contributed by atoms with Crippen molar-refractivity contribution in [1.82, 2.24) is 24.2 Å². The highest BCUT2D eigenvalue weighted by molar-refractivity contribution is 5.92. The molecule has 0 aromatic carbocycles. The molecule has 0 bridgehead atoms. The third-order valence-electron chi connectivity index (χ3n) is 4.19. The number of methoxy groups -OCH3 is 1. The molecular weight excluding hydrogens is 282 g/mol. The number of hydrogen-bond donors (Lipinski definition) is 0. The van der Waals surface area contributed by atoms with E-state index in [0.29, 0.717) is 18.8 Å². The normalized spacial score (nSPS) is 18.1. The number of aromatic nitrogens is 4. The molecule has 118 valence electrons. The molecular formula is C15H21N5O2. The van der Waals surface area contributed by atoms with Gasteiger partial charge in [0.05, 0.1) is 6.04 Å². The molecule has 1 saturated heterocycles. The first-order chi connectivity index (χ1) is 10.6.